The summed E-state index contributed by atoms with van der Waals surface area (Å²) < 4.78 is 60.5. The summed E-state index contributed by atoms with van der Waals surface area (Å²) in [6.45, 7) is 8.50. The van der Waals surface area contributed by atoms with E-state index < -0.39 is 22.2 Å². The molecule has 2 aromatic rings. The maximum Gasteiger partial charge on any atom is 0.490 e. The summed E-state index contributed by atoms with van der Waals surface area (Å²) in [5.74, 6) is -2.89. The third-order valence-corrected chi connectivity index (χ3v) is 8.09. The van der Waals surface area contributed by atoms with Gasteiger partial charge in [0, 0.05) is 32.7 Å². The van der Waals surface area contributed by atoms with Crippen LogP contribution in [-0.4, -0.2) is 80.1 Å². The zero-order chi connectivity index (χ0) is 28.5. The molecule has 2 N–H and O–H groups in total. The van der Waals surface area contributed by atoms with E-state index in [1.54, 1.807) is 4.90 Å². The fraction of sp³-hybridized carbons (Fsp3) is 0.462. The Hall–Kier alpha value is -2.96. The van der Waals surface area contributed by atoms with Crippen LogP contribution in [0, 0.1) is 20.8 Å². The van der Waals surface area contributed by atoms with Gasteiger partial charge in [-0.15, -0.1) is 0 Å². The summed E-state index contributed by atoms with van der Waals surface area (Å²) >= 11 is 0. The lowest BCUT2D eigenvalue weighted by molar-refractivity contribution is -0.192. The molecule has 1 heterocycles. The number of hydrogen-bond acceptors (Lipinski definition) is 5. The van der Waals surface area contributed by atoms with Gasteiger partial charge in [0.05, 0.1) is 11.4 Å². The summed E-state index contributed by atoms with van der Waals surface area (Å²) in [5, 5.41) is 10.4. The Bertz CT molecular complexity index is 1180. The minimum atomic E-state index is -5.08. The van der Waals surface area contributed by atoms with Crippen LogP contribution in [0.15, 0.2) is 47.4 Å². The number of aliphatic carboxylic acids is 1. The number of nitrogens with zero attached hydrogens (tertiary/aromatic N) is 2. The number of carbonyl (C=O) groups excluding carboxylic acids is 1. The molecule has 12 heteroatoms. The zero-order valence-electron chi connectivity index (χ0n) is 21.7. The molecule has 0 aliphatic carbocycles. The molecule has 38 heavy (non-hydrogen) atoms. The SMILES string of the molecule is Cc1cc(C)c(S(=O)(=O)N(CCCc2ccccc2)CC(=O)N2CCNCC2)c(C)c1.O=C(O)C(F)(F)F. The highest BCUT2D eigenvalue weighted by atomic mass is 32.2. The Labute approximate surface area is 221 Å². The van der Waals surface area contributed by atoms with Crippen LogP contribution in [0.25, 0.3) is 0 Å². The molecule has 8 nitrogen and oxygen atoms in total. The number of hydrogen-bond donors (Lipinski definition) is 2. The van der Waals surface area contributed by atoms with Crippen molar-refractivity contribution in [2.45, 2.75) is 44.7 Å². The average molecular weight is 558 g/mol. The normalized spacial score (nSPS) is 14.1. The molecule has 1 fully saturated rings. The number of carbonyl (C=O) groups is 2. The van der Waals surface area contributed by atoms with Crippen LogP contribution in [-0.2, 0) is 26.0 Å². The number of nitrogens with one attached hydrogen (secondary N) is 1. The van der Waals surface area contributed by atoms with Gasteiger partial charge in [-0.2, -0.15) is 17.5 Å². The minimum Gasteiger partial charge on any atom is -0.475 e. The van der Waals surface area contributed by atoms with E-state index in [9.17, 15) is 26.4 Å². The molecule has 0 atom stereocenters. The third-order valence-electron chi connectivity index (χ3n) is 5.94. The maximum atomic E-state index is 13.7. The molecular formula is C26H34F3N3O5S. The fourth-order valence-electron chi connectivity index (χ4n) is 4.26. The van der Waals surface area contributed by atoms with Crippen LogP contribution in [0.1, 0.15) is 28.7 Å². The van der Waals surface area contributed by atoms with Gasteiger partial charge in [0.25, 0.3) is 0 Å². The number of rotatable bonds is 8. The number of amides is 1. The van der Waals surface area contributed by atoms with Crippen LogP contribution in [0.2, 0.25) is 0 Å². The Kier molecular flexibility index (Phi) is 11.3. The van der Waals surface area contributed by atoms with Crippen molar-refractivity contribution in [2.24, 2.45) is 0 Å². The highest BCUT2D eigenvalue weighted by molar-refractivity contribution is 7.89. The number of alkyl halides is 3. The molecule has 210 valence electrons. The van der Waals surface area contributed by atoms with Crippen molar-refractivity contribution in [2.75, 3.05) is 39.3 Å². The van der Waals surface area contributed by atoms with Gasteiger partial charge in [-0.3, -0.25) is 4.79 Å². The van der Waals surface area contributed by atoms with Crippen molar-refractivity contribution in [1.29, 1.82) is 0 Å². The van der Waals surface area contributed by atoms with Gasteiger partial charge >= 0.3 is 12.1 Å². The molecule has 0 radical (unpaired) electrons. The lowest BCUT2D eigenvalue weighted by Crippen LogP contribution is -2.50. The van der Waals surface area contributed by atoms with Gasteiger partial charge in [-0.25, -0.2) is 13.2 Å². The van der Waals surface area contributed by atoms with E-state index >= 15 is 0 Å². The molecule has 1 amide bonds. The molecule has 0 bridgehead atoms. The van der Waals surface area contributed by atoms with Crippen molar-refractivity contribution in [3.63, 3.8) is 0 Å². The topological polar surface area (TPSA) is 107 Å². The van der Waals surface area contributed by atoms with Gasteiger partial charge in [0.1, 0.15) is 0 Å². The van der Waals surface area contributed by atoms with Crippen LogP contribution < -0.4 is 5.32 Å². The molecule has 3 rings (SSSR count). The zero-order valence-corrected chi connectivity index (χ0v) is 22.5. The first-order valence-corrected chi connectivity index (χ1v) is 13.6. The van der Waals surface area contributed by atoms with Crippen molar-refractivity contribution in [3.8, 4) is 0 Å². The van der Waals surface area contributed by atoms with Gasteiger partial charge in [-0.1, -0.05) is 48.0 Å². The lowest BCUT2D eigenvalue weighted by Gasteiger charge is -2.30. The predicted molar refractivity (Wildman–Crippen MR) is 137 cm³/mol. The molecule has 1 saturated heterocycles. The predicted octanol–water partition coefficient (Wildman–Crippen LogP) is 3.30. The second kappa shape index (κ2) is 13.7. The second-order valence-electron chi connectivity index (χ2n) is 9.09. The number of benzene rings is 2. The van der Waals surface area contributed by atoms with Gasteiger partial charge < -0.3 is 15.3 Å². The van der Waals surface area contributed by atoms with E-state index in [1.165, 1.54) is 4.31 Å². The van der Waals surface area contributed by atoms with E-state index in [-0.39, 0.29) is 12.5 Å². The first kappa shape index (κ1) is 31.3. The van der Waals surface area contributed by atoms with E-state index in [0.29, 0.717) is 31.0 Å². The van der Waals surface area contributed by atoms with Crippen LogP contribution in [0.4, 0.5) is 13.2 Å². The highest BCUT2D eigenvalue weighted by Crippen LogP contribution is 2.26. The summed E-state index contributed by atoms with van der Waals surface area (Å²) in [7, 11) is -3.80. The van der Waals surface area contributed by atoms with Gasteiger partial charge in [-0.05, 0) is 50.3 Å². The van der Waals surface area contributed by atoms with Gasteiger partial charge in [0.2, 0.25) is 15.9 Å². The van der Waals surface area contributed by atoms with Crippen LogP contribution >= 0.6 is 0 Å². The van der Waals surface area contributed by atoms with Crippen LogP contribution in [0.3, 0.4) is 0 Å². The number of sulfonamides is 1. The fourth-order valence-corrected chi connectivity index (χ4v) is 6.10. The number of carboxylic acids is 1. The van der Waals surface area contributed by atoms with E-state index in [2.05, 4.69) is 5.32 Å². The number of halogens is 3. The minimum absolute atomic E-state index is 0.121. The van der Waals surface area contributed by atoms with Crippen molar-refractivity contribution in [3.05, 3.63) is 64.7 Å². The van der Waals surface area contributed by atoms with Crippen molar-refractivity contribution >= 4 is 21.9 Å². The van der Waals surface area contributed by atoms with E-state index in [0.717, 1.165) is 41.8 Å². The van der Waals surface area contributed by atoms with E-state index in [4.69, 9.17) is 9.90 Å². The lowest BCUT2D eigenvalue weighted by atomic mass is 10.1. The van der Waals surface area contributed by atoms with Crippen molar-refractivity contribution < 1.29 is 36.3 Å². The molecule has 0 saturated carbocycles. The third kappa shape index (κ3) is 9.10. The standard InChI is InChI=1S/C24H33N3O3S.C2HF3O2/c1-19-16-20(2)24(21(3)17-19)31(29,30)27(13-7-10-22-8-5-4-6-9-22)18-23(28)26-14-11-25-12-15-26;3-2(4,5)1(6)7/h4-6,8-9,16-17,25H,7,10-15,18H2,1-3H3;(H,6,7). The molecular weight excluding hydrogens is 523 g/mol. The highest BCUT2D eigenvalue weighted by Gasteiger charge is 2.38. The van der Waals surface area contributed by atoms with Crippen molar-refractivity contribution in [1.82, 2.24) is 14.5 Å². The summed E-state index contributed by atoms with van der Waals surface area (Å²) in [5.41, 5.74) is 3.64. The number of aryl methyl sites for hydroxylation is 4. The molecule has 0 aromatic heterocycles. The average Bonchev–Trinajstić information content (AvgIpc) is 2.83. The first-order chi connectivity index (χ1) is 17.7. The summed E-state index contributed by atoms with van der Waals surface area (Å²) in [6.07, 6.45) is -3.66. The number of piperazine rings is 1. The van der Waals surface area contributed by atoms with Gasteiger partial charge in [0.15, 0.2) is 0 Å². The monoisotopic (exact) mass is 557 g/mol. The van der Waals surface area contributed by atoms with Crippen LogP contribution in [0.5, 0.6) is 0 Å². The summed E-state index contributed by atoms with van der Waals surface area (Å²) in [6, 6.07) is 13.8. The molecule has 0 unspecified atom stereocenters. The Morgan fingerprint density at radius 1 is 1.03 bits per heavy atom. The maximum absolute atomic E-state index is 13.7. The molecule has 0 spiro atoms. The quantitative estimate of drug-likeness (QED) is 0.516. The Morgan fingerprint density at radius 2 is 1.55 bits per heavy atom. The molecule has 2 aromatic carbocycles. The Morgan fingerprint density at radius 3 is 2.05 bits per heavy atom. The first-order valence-electron chi connectivity index (χ1n) is 12.1. The smallest absolute Gasteiger partial charge is 0.475 e. The largest absolute Gasteiger partial charge is 0.490 e. The molecule has 1 aliphatic rings. The summed E-state index contributed by atoms with van der Waals surface area (Å²) in [4.78, 5) is 23.9. The second-order valence-corrected chi connectivity index (χ2v) is 11.0. The molecule has 1 aliphatic heterocycles. The van der Waals surface area contributed by atoms with E-state index in [1.807, 2.05) is 63.2 Å². The Balaban J connectivity index is 0.000000638. The number of carboxylic acid groups (broad SMARTS) is 1.